The van der Waals surface area contributed by atoms with E-state index >= 15 is 0 Å². The van der Waals surface area contributed by atoms with E-state index < -0.39 is 11.7 Å². The molecule has 0 aliphatic rings. The number of guanidine groups is 1. The highest BCUT2D eigenvalue weighted by atomic mass is 127. The number of aryl methyl sites for hydroxylation is 1. The Labute approximate surface area is 186 Å². The zero-order valence-corrected chi connectivity index (χ0v) is 20.4. The molecule has 0 spiro atoms. The van der Waals surface area contributed by atoms with Gasteiger partial charge >= 0.3 is 6.09 Å². The zero-order valence-electron chi connectivity index (χ0n) is 18.0. The van der Waals surface area contributed by atoms with Crippen molar-refractivity contribution in [1.82, 2.24) is 25.7 Å². The zero-order chi connectivity index (χ0) is 20.3. The Morgan fingerprint density at radius 3 is 2.57 bits per heavy atom. The fraction of sp³-hybridized carbons (Fsp3) is 0.737. The molecule has 0 aromatic carbocycles. The minimum Gasteiger partial charge on any atom is -0.444 e. The Balaban J connectivity index is 0.00000729. The average Bonchev–Trinajstić information content (AvgIpc) is 2.99. The minimum atomic E-state index is -0.503. The predicted molar refractivity (Wildman–Crippen MR) is 124 cm³/mol. The lowest BCUT2D eigenvalue weighted by molar-refractivity contribution is 0.0523. The van der Waals surface area contributed by atoms with Gasteiger partial charge in [-0.2, -0.15) is 5.10 Å². The maximum absolute atomic E-state index is 11.9. The number of aliphatic imine (C=N–C) groups is 1. The number of hydrogen-bond acceptors (Lipinski definition) is 4. The highest BCUT2D eigenvalue weighted by Crippen LogP contribution is 2.07. The molecule has 0 aliphatic carbocycles. The van der Waals surface area contributed by atoms with Crippen LogP contribution in [0, 0.1) is 0 Å². The second kappa shape index (κ2) is 13.6. The standard InChI is InChI=1S/C19H36N6O2.HI/c1-7-9-10-16(13-22-18(26)27-19(3,4)5)24-17(20-8-2)21-11-15-12-23-25(6)14-15;/h12,14,16H,7-11,13H2,1-6H3,(H,22,26)(H2,20,21,24);1H. The van der Waals surface area contributed by atoms with Gasteiger partial charge in [-0.3, -0.25) is 4.68 Å². The van der Waals surface area contributed by atoms with E-state index in [9.17, 15) is 4.79 Å². The highest BCUT2D eigenvalue weighted by Gasteiger charge is 2.18. The maximum atomic E-state index is 11.9. The summed E-state index contributed by atoms with van der Waals surface area (Å²) in [5.41, 5.74) is 0.544. The molecule has 0 saturated heterocycles. The van der Waals surface area contributed by atoms with Gasteiger partial charge in [0, 0.05) is 37.9 Å². The van der Waals surface area contributed by atoms with E-state index in [1.807, 2.05) is 47.1 Å². The smallest absolute Gasteiger partial charge is 0.407 e. The first kappa shape index (κ1) is 26.5. The number of carbonyl (C=O) groups excluding carboxylic acids is 1. The lowest BCUT2D eigenvalue weighted by atomic mass is 10.1. The molecule has 1 atom stereocenters. The summed E-state index contributed by atoms with van der Waals surface area (Å²) < 4.78 is 7.08. The van der Waals surface area contributed by atoms with Crippen molar-refractivity contribution in [3.63, 3.8) is 0 Å². The molecule has 28 heavy (non-hydrogen) atoms. The van der Waals surface area contributed by atoms with E-state index in [4.69, 9.17) is 4.74 Å². The van der Waals surface area contributed by atoms with Crippen LogP contribution in [0.1, 0.15) is 59.4 Å². The summed E-state index contributed by atoms with van der Waals surface area (Å²) >= 11 is 0. The van der Waals surface area contributed by atoms with Gasteiger partial charge in [-0.1, -0.05) is 19.8 Å². The first-order valence-electron chi connectivity index (χ1n) is 9.72. The van der Waals surface area contributed by atoms with Gasteiger partial charge in [0.2, 0.25) is 0 Å². The number of nitrogens with one attached hydrogen (secondary N) is 3. The molecule has 0 bridgehead atoms. The maximum Gasteiger partial charge on any atom is 0.407 e. The molecule has 1 heterocycles. The largest absolute Gasteiger partial charge is 0.444 e. The molecule has 0 radical (unpaired) electrons. The fourth-order valence-corrected chi connectivity index (χ4v) is 2.43. The van der Waals surface area contributed by atoms with E-state index in [1.165, 1.54) is 0 Å². The van der Waals surface area contributed by atoms with Crippen LogP contribution in [-0.2, 0) is 18.3 Å². The number of aromatic nitrogens is 2. The lowest BCUT2D eigenvalue weighted by Crippen LogP contribution is -2.49. The van der Waals surface area contributed by atoms with Gasteiger partial charge in [-0.05, 0) is 34.1 Å². The Kier molecular flexibility index (Phi) is 12.9. The van der Waals surface area contributed by atoms with E-state index in [-0.39, 0.29) is 30.0 Å². The van der Waals surface area contributed by atoms with E-state index in [2.05, 4.69) is 33.0 Å². The van der Waals surface area contributed by atoms with Crippen LogP contribution < -0.4 is 16.0 Å². The van der Waals surface area contributed by atoms with E-state index in [1.54, 1.807) is 4.68 Å². The van der Waals surface area contributed by atoms with Crippen LogP contribution in [0.3, 0.4) is 0 Å². The monoisotopic (exact) mass is 508 g/mol. The molecule has 1 rings (SSSR count). The molecule has 1 aromatic heterocycles. The summed E-state index contributed by atoms with van der Waals surface area (Å²) in [7, 11) is 1.89. The molecule has 162 valence electrons. The number of amides is 1. The summed E-state index contributed by atoms with van der Waals surface area (Å²) in [6.45, 7) is 11.5. The third-order valence-corrected chi connectivity index (χ3v) is 3.66. The van der Waals surface area contributed by atoms with Gasteiger partial charge in [0.15, 0.2) is 5.96 Å². The molecule has 3 N–H and O–H groups in total. The molecular weight excluding hydrogens is 471 g/mol. The van der Waals surface area contributed by atoms with Crippen molar-refractivity contribution in [1.29, 1.82) is 0 Å². The van der Waals surface area contributed by atoms with Crippen molar-refractivity contribution in [3.8, 4) is 0 Å². The number of carbonyl (C=O) groups is 1. The number of alkyl carbamates (subject to hydrolysis) is 1. The lowest BCUT2D eigenvalue weighted by Gasteiger charge is -2.24. The van der Waals surface area contributed by atoms with Crippen LogP contribution >= 0.6 is 24.0 Å². The first-order chi connectivity index (χ1) is 12.7. The molecule has 1 unspecified atom stereocenters. The van der Waals surface area contributed by atoms with E-state index in [0.29, 0.717) is 13.1 Å². The summed E-state index contributed by atoms with van der Waals surface area (Å²) in [6.07, 6.45) is 6.45. The van der Waals surface area contributed by atoms with Gasteiger partial charge in [-0.15, -0.1) is 24.0 Å². The summed E-state index contributed by atoms with van der Waals surface area (Å²) in [6, 6.07) is 0.0733. The van der Waals surface area contributed by atoms with Gasteiger partial charge in [0.1, 0.15) is 5.60 Å². The molecule has 0 fully saturated rings. The van der Waals surface area contributed by atoms with E-state index in [0.717, 1.165) is 37.3 Å². The topological polar surface area (TPSA) is 92.6 Å². The van der Waals surface area contributed by atoms with Gasteiger partial charge in [0.05, 0.1) is 12.7 Å². The van der Waals surface area contributed by atoms with Crippen molar-refractivity contribution < 1.29 is 9.53 Å². The van der Waals surface area contributed by atoms with Crippen molar-refractivity contribution in [2.45, 2.75) is 72.1 Å². The Hall–Kier alpha value is -1.52. The molecule has 1 amide bonds. The van der Waals surface area contributed by atoms with Crippen LogP contribution in [0.4, 0.5) is 4.79 Å². The number of nitrogens with zero attached hydrogens (tertiary/aromatic N) is 3. The second-order valence-corrected chi connectivity index (χ2v) is 7.58. The second-order valence-electron chi connectivity index (χ2n) is 7.58. The minimum absolute atomic E-state index is 0. The van der Waals surface area contributed by atoms with Gasteiger partial charge < -0.3 is 20.7 Å². The van der Waals surface area contributed by atoms with Crippen molar-refractivity contribution in [3.05, 3.63) is 18.0 Å². The summed E-state index contributed by atoms with van der Waals surface area (Å²) in [4.78, 5) is 16.6. The Bertz CT molecular complexity index is 597. The van der Waals surface area contributed by atoms with Crippen LogP contribution in [0.25, 0.3) is 0 Å². The molecule has 0 aliphatic heterocycles. The van der Waals surface area contributed by atoms with Crippen LogP contribution in [0.15, 0.2) is 17.4 Å². The quantitative estimate of drug-likeness (QED) is 0.271. The highest BCUT2D eigenvalue weighted by molar-refractivity contribution is 14.0. The SMILES string of the molecule is CCCCC(CNC(=O)OC(C)(C)C)NC(=NCc1cnn(C)c1)NCC.I. The number of unbranched alkanes of at least 4 members (excludes halogenated alkanes) is 1. The third kappa shape index (κ3) is 12.0. The predicted octanol–water partition coefficient (Wildman–Crippen LogP) is 3.18. The Morgan fingerprint density at radius 2 is 2.04 bits per heavy atom. The van der Waals surface area contributed by atoms with Crippen molar-refractivity contribution in [2.75, 3.05) is 13.1 Å². The summed E-state index contributed by atoms with van der Waals surface area (Å²) in [5.74, 6) is 0.730. The van der Waals surface area contributed by atoms with Crippen molar-refractivity contribution >= 4 is 36.0 Å². The van der Waals surface area contributed by atoms with Crippen LogP contribution in [0.5, 0.6) is 0 Å². The molecular formula is C19H37IN6O2. The number of ether oxygens (including phenoxy) is 1. The third-order valence-electron chi connectivity index (χ3n) is 3.66. The van der Waals surface area contributed by atoms with Crippen molar-refractivity contribution in [2.24, 2.45) is 12.0 Å². The first-order valence-corrected chi connectivity index (χ1v) is 9.72. The fourth-order valence-electron chi connectivity index (χ4n) is 2.43. The number of halogens is 1. The number of hydrogen-bond donors (Lipinski definition) is 3. The normalized spacial score (nSPS) is 12.7. The Morgan fingerprint density at radius 1 is 1.32 bits per heavy atom. The summed E-state index contributed by atoms with van der Waals surface area (Å²) in [5, 5.41) is 13.7. The average molecular weight is 508 g/mol. The number of rotatable bonds is 9. The van der Waals surface area contributed by atoms with Gasteiger partial charge in [-0.25, -0.2) is 9.79 Å². The van der Waals surface area contributed by atoms with Crippen LogP contribution in [-0.4, -0.2) is 46.6 Å². The molecule has 1 aromatic rings. The molecule has 8 nitrogen and oxygen atoms in total. The van der Waals surface area contributed by atoms with Gasteiger partial charge in [0.25, 0.3) is 0 Å². The van der Waals surface area contributed by atoms with Crippen LogP contribution in [0.2, 0.25) is 0 Å². The molecule has 0 saturated carbocycles. The molecule has 9 heteroatoms.